The maximum atomic E-state index is 11.7. The summed E-state index contributed by atoms with van der Waals surface area (Å²) >= 11 is 0. The Balaban J connectivity index is 2.17. The summed E-state index contributed by atoms with van der Waals surface area (Å²) in [6.07, 6.45) is 0. The number of rotatable bonds is 4. The van der Waals surface area contributed by atoms with Gasteiger partial charge in [-0.05, 0) is 42.3 Å². The minimum absolute atomic E-state index is 0.0684. The molecule has 123 valence electrons. The van der Waals surface area contributed by atoms with E-state index in [9.17, 15) is 20.2 Å². The molecule has 0 aliphatic carbocycles. The van der Waals surface area contributed by atoms with Crippen molar-refractivity contribution in [1.82, 2.24) is 0 Å². The van der Waals surface area contributed by atoms with Gasteiger partial charge in [-0.15, -0.1) is 0 Å². The van der Waals surface area contributed by atoms with Gasteiger partial charge in [0, 0.05) is 12.1 Å². The Morgan fingerprint density at radius 1 is 0.800 bits per heavy atom. The molecular weight excluding hydrogens is 320 g/mol. The molecule has 0 amide bonds. The third-order valence-corrected chi connectivity index (χ3v) is 3.88. The summed E-state index contributed by atoms with van der Waals surface area (Å²) in [7, 11) is 0. The zero-order chi connectivity index (χ0) is 18.0. The zero-order valence-electron chi connectivity index (χ0n) is 13.3. The van der Waals surface area contributed by atoms with E-state index >= 15 is 0 Å². The Bertz CT molecular complexity index is 948. The topological polar surface area (TPSA) is 86.3 Å². The molecule has 0 spiro atoms. The van der Waals surface area contributed by atoms with Crippen molar-refractivity contribution in [3.05, 3.63) is 92.5 Å². The molecule has 0 fully saturated rings. The lowest BCUT2D eigenvalue weighted by molar-refractivity contribution is -0.385. The van der Waals surface area contributed by atoms with Gasteiger partial charge in [-0.25, -0.2) is 0 Å². The van der Waals surface area contributed by atoms with Crippen LogP contribution in [0.4, 0.5) is 11.4 Å². The van der Waals surface area contributed by atoms with Crippen LogP contribution in [-0.2, 0) is 0 Å². The largest absolute Gasteiger partial charge is 0.285 e. The fourth-order valence-electron chi connectivity index (χ4n) is 2.62. The standard InChI is InChI=1S/C19H13N2O4/c1-13-5-7-14(8-6-13)17-3-2-4-18(19(17)21(24)25)15-9-11-16(12-10-15)20(22)23/h2-3,5-12H,1H3. The lowest BCUT2D eigenvalue weighted by Gasteiger charge is -2.08. The number of non-ortho nitro benzene ring substituents is 1. The van der Waals surface area contributed by atoms with E-state index in [0.29, 0.717) is 16.7 Å². The third-order valence-electron chi connectivity index (χ3n) is 3.88. The second kappa shape index (κ2) is 6.52. The van der Waals surface area contributed by atoms with Gasteiger partial charge in [-0.1, -0.05) is 35.9 Å². The van der Waals surface area contributed by atoms with Crippen LogP contribution in [0.15, 0.2) is 60.7 Å². The van der Waals surface area contributed by atoms with Crippen molar-refractivity contribution in [1.29, 1.82) is 0 Å². The zero-order valence-corrected chi connectivity index (χ0v) is 13.3. The predicted molar refractivity (Wildman–Crippen MR) is 94.2 cm³/mol. The van der Waals surface area contributed by atoms with Crippen LogP contribution in [0.5, 0.6) is 0 Å². The van der Waals surface area contributed by atoms with Gasteiger partial charge >= 0.3 is 0 Å². The lowest BCUT2D eigenvalue weighted by atomic mass is 9.95. The molecule has 0 bridgehead atoms. The lowest BCUT2D eigenvalue weighted by Crippen LogP contribution is -1.96. The molecule has 0 saturated carbocycles. The Hall–Kier alpha value is -3.54. The number of aryl methyl sites for hydroxylation is 1. The Morgan fingerprint density at radius 2 is 1.40 bits per heavy atom. The minimum atomic E-state index is -0.509. The van der Waals surface area contributed by atoms with Gasteiger partial charge in [-0.2, -0.15) is 0 Å². The molecule has 0 unspecified atom stereocenters. The summed E-state index contributed by atoms with van der Waals surface area (Å²) in [5.74, 6) is 0. The Kier molecular flexibility index (Phi) is 4.26. The fourth-order valence-corrected chi connectivity index (χ4v) is 2.62. The predicted octanol–water partition coefficient (Wildman–Crippen LogP) is 4.95. The average molecular weight is 333 g/mol. The molecule has 3 aromatic carbocycles. The van der Waals surface area contributed by atoms with Gasteiger partial charge in [0.1, 0.15) is 0 Å². The van der Waals surface area contributed by atoms with Gasteiger partial charge in [0.2, 0.25) is 0 Å². The highest BCUT2D eigenvalue weighted by Gasteiger charge is 2.22. The van der Waals surface area contributed by atoms with E-state index in [2.05, 4.69) is 6.07 Å². The maximum Gasteiger partial charge on any atom is 0.285 e. The van der Waals surface area contributed by atoms with E-state index in [1.807, 2.05) is 31.2 Å². The fraction of sp³-hybridized carbons (Fsp3) is 0.0526. The van der Waals surface area contributed by atoms with Gasteiger partial charge in [0.25, 0.3) is 11.4 Å². The maximum absolute atomic E-state index is 11.7. The summed E-state index contributed by atoms with van der Waals surface area (Å²) in [5.41, 5.74) is 2.95. The molecule has 3 aromatic rings. The minimum Gasteiger partial charge on any atom is -0.258 e. The second-order valence-electron chi connectivity index (χ2n) is 5.54. The molecule has 0 aliphatic rings. The van der Waals surface area contributed by atoms with E-state index in [4.69, 9.17) is 0 Å². The molecule has 6 nitrogen and oxygen atoms in total. The molecule has 0 N–H and O–H groups in total. The van der Waals surface area contributed by atoms with Gasteiger partial charge in [-0.3, -0.25) is 20.2 Å². The van der Waals surface area contributed by atoms with Crippen molar-refractivity contribution in [2.45, 2.75) is 6.92 Å². The molecule has 0 aliphatic heterocycles. The monoisotopic (exact) mass is 333 g/mol. The molecule has 0 saturated heterocycles. The number of hydrogen-bond acceptors (Lipinski definition) is 4. The first-order valence-electron chi connectivity index (χ1n) is 7.48. The van der Waals surface area contributed by atoms with Crippen molar-refractivity contribution >= 4 is 11.4 Å². The van der Waals surface area contributed by atoms with Crippen LogP contribution < -0.4 is 0 Å². The number of nitrogens with zero attached hydrogens (tertiary/aromatic N) is 2. The third kappa shape index (κ3) is 3.23. The van der Waals surface area contributed by atoms with Crippen LogP contribution in [0.1, 0.15) is 5.56 Å². The van der Waals surface area contributed by atoms with Crippen LogP contribution in [0.3, 0.4) is 0 Å². The van der Waals surface area contributed by atoms with E-state index in [0.717, 1.165) is 11.1 Å². The van der Waals surface area contributed by atoms with Crippen LogP contribution in [-0.4, -0.2) is 9.85 Å². The average Bonchev–Trinajstić information content (AvgIpc) is 2.61. The van der Waals surface area contributed by atoms with E-state index < -0.39 is 9.85 Å². The summed E-state index contributed by atoms with van der Waals surface area (Å²) in [4.78, 5) is 21.5. The van der Waals surface area contributed by atoms with Crippen molar-refractivity contribution in [3.63, 3.8) is 0 Å². The molecule has 25 heavy (non-hydrogen) atoms. The summed E-state index contributed by atoms with van der Waals surface area (Å²) in [6, 6.07) is 19.3. The van der Waals surface area contributed by atoms with Crippen molar-refractivity contribution < 1.29 is 9.85 Å². The molecule has 0 heterocycles. The van der Waals surface area contributed by atoms with Gasteiger partial charge in [0.05, 0.1) is 21.0 Å². The van der Waals surface area contributed by atoms with Gasteiger partial charge in [0.15, 0.2) is 0 Å². The van der Waals surface area contributed by atoms with Crippen LogP contribution in [0.2, 0.25) is 0 Å². The van der Waals surface area contributed by atoms with E-state index in [1.54, 1.807) is 12.1 Å². The first-order chi connectivity index (χ1) is 12.0. The summed E-state index contributed by atoms with van der Waals surface area (Å²) in [6.45, 7) is 1.94. The molecule has 1 radical (unpaired) electrons. The Labute approximate surface area is 143 Å². The number of nitro benzene ring substituents is 2. The number of benzene rings is 3. The molecule has 0 atom stereocenters. The van der Waals surface area contributed by atoms with Crippen molar-refractivity contribution in [3.8, 4) is 22.3 Å². The van der Waals surface area contributed by atoms with Crippen molar-refractivity contribution in [2.24, 2.45) is 0 Å². The molecular formula is C19H13N2O4. The quantitative estimate of drug-likeness (QED) is 0.499. The molecule has 0 aromatic heterocycles. The number of hydrogen-bond donors (Lipinski definition) is 0. The highest BCUT2D eigenvalue weighted by Crippen LogP contribution is 2.38. The number of nitro groups is 2. The normalized spacial score (nSPS) is 10.4. The van der Waals surface area contributed by atoms with E-state index in [-0.39, 0.29) is 11.4 Å². The summed E-state index contributed by atoms with van der Waals surface area (Å²) < 4.78 is 0. The van der Waals surface area contributed by atoms with Gasteiger partial charge < -0.3 is 0 Å². The highest BCUT2D eigenvalue weighted by molar-refractivity contribution is 5.85. The molecule has 3 rings (SSSR count). The van der Waals surface area contributed by atoms with Crippen LogP contribution in [0.25, 0.3) is 22.3 Å². The smallest absolute Gasteiger partial charge is 0.258 e. The van der Waals surface area contributed by atoms with Crippen LogP contribution in [0, 0.1) is 33.2 Å². The SMILES string of the molecule is Cc1ccc(-c2cc[c]c(-c3ccc([N+](=O)[O-])cc3)c2[N+](=O)[O-])cc1. The summed E-state index contributed by atoms with van der Waals surface area (Å²) in [5, 5.41) is 22.5. The van der Waals surface area contributed by atoms with Crippen molar-refractivity contribution in [2.75, 3.05) is 0 Å². The highest BCUT2D eigenvalue weighted by atomic mass is 16.6. The second-order valence-corrected chi connectivity index (χ2v) is 5.54. The first kappa shape index (κ1) is 16.3. The van der Waals surface area contributed by atoms with E-state index in [1.165, 1.54) is 24.3 Å². The first-order valence-corrected chi connectivity index (χ1v) is 7.48. The Morgan fingerprint density at radius 3 is 1.96 bits per heavy atom. The molecule has 6 heteroatoms. The van der Waals surface area contributed by atoms with Crippen LogP contribution >= 0.6 is 0 Å².